The molecule has 0 aromatic carbocycles. The van der Waals surface area contributed by atoms with Crippen LogP contribution in [0.25, 0.3) is 0 Å². The third-order valence-corrected chi connectivity index (χ3v) is 1.32. The molecule has 0 saturated carbocycles. The van der Waals surface area contributed by atoms with Crippen molar-refractivity contribution in [3.8, 4) is 0 Å². The molecule has 6 heteroatoms. The maximum atomic E-state index is 10.4. The summed E-state index contributed by atoms with van der Waals surface area (Å²) in [6.07, 6.45) is -1.03. The van der Waals surface area contributed by atoms with Crippen molar-refractivity contribution in [2.45, 2.75) is 52.3 Å². The minimum absolute atomic E-state index is 0.511. The molecule has 100 valence electrons. The lowest BCUT2D eigenvalue weighted by Crippen LogP contribution is -2.36. The van der Waals surface area contributed by atoms with E-state index in [1.54, 1.807) is 20.8 Å². The molecule has 0 fully saturated rings. The van der Waals surface area contributed by atoms with Crippen LogP contribution in [0.2, 0.25) is 0 Å². The lowest BCUT2D eigenvalue weighted by atomic mass is 10.2. The van der Waals surface area contributed by atoms with E-state index in [1.807, 2.05) is 0 Å². The van der Waals surface area contributed by atoms with Gasteiger partial charge >= 0.3 is 6.16 Å². The Hall–Kier alpha value is -1.11. The Balaban J connectivity index is 4.30. The molecule has 17 heavy (non-hydrogen) atoms. The van der Waals surface area contributed by atoms with Gasteiger partial charge in [0.1, 0.15) is 0 Å². The largest absolute Gasteiger partial charge is 0.508 e. The minimum Gasteiger partial charge on any atom is -0.450 e. The summed E-state index contributed by atoms with van der Waals surface area (Å²) >= 11 is 0. The highest BCUT2D eigenvalue weighted by molar-refractivity contribution is 5.57. The second kappa shape index (κ2) is 6.00. The van der Waals surface area contributed by atoms with Crippen LogP contribution >= 0.6 is 0 Å². The Labute approximate surface area is 101 Å². The average molecular weight is 248 g/mol. The lowest BCUT2D eigenvalue weighted by molar-refractivity contribution is -0.426. The van der Waals surface area contributed by atoms with Crippen LogP contribution < -0.4 is 0 Å². The van der Waals surface area contributed by atoms with Crippen molar-refractivity contribution in [3.63, 3.8) is 0 Å². The van der Waals surface area contributed by atoms with Gasteiger partial charge in [-0.25, -0.2) is 9.68 Å². The van der Waals surface area contributed by atoms with E-state index in [4.69, 9.17) is 19.6 Å². The Morgan fingerprint density at radius 1 is 1.29 bits per heavy atom. The third kappa shape index (κ3) is 8.67. The minimum atomic E-state index is -1.44. The van der Waals surface area contributed by atoms with Crippen LogP contribution in [-0.4, -0.2) is 28.9 Å². The van der Waals surface area contributed by atoms with Gasteiger partial charge in [0.25, 0.3) is 0 Å². The summed E-state index contributed by atoms with van der Waals surface area (Å²) in [5.41, 5.74) is -0.511. The van der Waals surface area contributed by atoms with E-state index < -0.39 is 23.8 Å². The maximum absolute atomic E-state index is 10.4. The summed E-state index contributed by atoms with van der Waals surface area (Å²) in [6.45, 7) is 11.8. The smallest absolute Gasteiger partial charge is 0.450 e. The summed E-state index contributed by atoms with van der Waals surface area (Å²) in [5.74, 6) is -1.36. The molecule has 1 N–H and O–H groups in total. The first kappa shape index (κ1) is 15.9. The molecule has 0 rings (SSSR count). The van der Waals surface area contributed by atoms with E-state index in [9.17, 15) is 4.79 Å². The van der Waals surface area contributed by atoms with Crippen molar-refractivity contribution in [3.05, 3.63) is 12.7 Å². The molecule has 6 nitrogen and oxygen atoms in total. The molecule has 0 spiro atoms. The van der Waals surface area contributed by atoms with E-state index >= 15 is 0 Å². The Bertz CT molecular complexity index is 266. The van der Waals surface area contributed by atoms with Gasteiger partial charge in [-0.1, -0.05) is 6.58 Å². The van der Waals surface area contributed by atoms with Crippen LogP contribution in [0.5, 0.6) is 0 Å². The van der Waals surface area contributed by atoms with Gasteiger partial charge in [-0.15, -0.1) is 0 Å². The van der Waals surface area contributed by atoms with Gasteiger partial charge in [0.2, 0.25) is 12.1 Å². The molecular weight excluding hydrogens is 228 g/mol. The normalized spacial score (nSPS) is 14.2. The highest BCUT2D eigenvalue weighted by Crippen LogP contribution is 2.18. The Morgan fingerprint density at radius 2 is 1.82 bits per heavy atom. The summed E-state index contributed by atoms with van der Waals surface area (Å²) < 4.78 is 9.74. The number of ether oxygens (including phenoxy) is 2. The SMILES string of the molecule is C=CC(OOC(C)(C)C)OC(C)(C)OC(=O)O. The second-order valence-electron chi connectivity index (χ2n) is 4.78. The predicted octanol–water partition coefficient (Wildman–Crippen LogP) is 2.69. The van der Waals surface area contributed by atoms with Crippen molar-refractivity contribution >= 4 is 6.16 Å². The molecule has 0 aromatic rings. The molecule has 0 saturated heterocycles. The summed E-state index contributed by atoms with van der Waals surface area (Å²) in [5, 5.41) is 8.49. The first-order chi connectivity index (χ1) is 7.56. The van der Waals surface area contributed by atoms with Crippen LogP contribution in [0, 0.1) is 0 Å². The van der Waals surface area contributed by atoms with E-state index in [1.165, 1.54) is 19.9 Å². The van der Waals surface area contributed by atoms with Crippen molar-refractivity contribution in [1.29, 1.82) is 0 Å². The zero-order valence-electron chi connectivity index (χ0n) is 10.9. The number of hydrogen-bond donors (Lipinski definition) is 1. The summed E-state index contributed by atoms with van der Waals surface area (Å²) in [7, 11) is 0. The average Bonchev–Trinajstić information content (AvgIpc) is 2.08. The van der Waals surface area contributed by atoms with Gasteiger partial charge in [0.05, 0.1) is 5.60 Å². The van der Waals surface area contributed by atoms with E-state index in [0.29, 0.717) is 0 Å². The molecule has 0 bridgehead atoms. The zero-order valence-corrected chi connectivity index (χ0v) is 10.9. The number of carboxylic acid groups (broad SMARTS) is 1. The molecular formula is C11H20O6. The van der Waals surface area contributed by atoms with Crippen LogP contribution in [0.15, 0.2) is 12.7 Å². The Morgan fingerprint density at radius 3 is 2.18 bits per heavy atom. The van der Waals surface area contributed by atoms with Gasteiger partial charge in [0.15, 0.2) is 0 Å². The molecule has 0 aliphatic carbocycles. The van der Waals surface area contributed by atoms with Crippen molar-refractivity contribution in [2.75, 3.05) is 0 Å². The molecule has 0 aromatic heterocycles. The fourth-order valence-corrected chi connectivity index (χ4v) is 0.813. The molecule has 0 radical (unpaired) electrons. The number of hydrogen-bond acceptors (Lipinski definition) is 5. The monoisotopic (exact) mass is 248 g/mol. The highest BCUT2D eigenvalue weighted by Gasteiger charge is 2.28. The van der Waals surface area contributed by atoms with Gasteiger partial charge in [-0.05, 0) is 26.8 Å². The van der Waals surface area contributed by atoms with Gasteiger partial charge < -0.3 is 14.6 Å². The molecule has 0 aliphatic rings. The van der Waals surface area contributed by atoms with Crippen molar-refractivity contribution < 1.29 is 29.1 Å². The Kier molecular flexibility index (Phi) is 5.60. The quantitative estimate of drug-likeness (QED) is 0.256. The molecule has 1 unspecified atom stereocenters. The predicted molar refractivity (Wildman–Crippen MR) is 60.2 cm³/mol. The summed E-state index contributed by atoms with van der Waals surface area (Å²) in [4.78, 5) is 20.4. The van der Waals surface area contributed by atoms with Gasteiger partial charge in [-0.3, -0.25) is 0 Å². The fraction of sp³-hybridized carbons (Fsp3) is 0.727. The first-order valence-corrected chi connectivity index (χ1v) is 5.12. The molecule has 0 amide bonds. The highest BCUT2D eigenvalue weighted by atomic mass is 17.2. The second-order valence-corrected chi connectivity index (χ2v) is 4.78. The fourth-order valence-electron chi connectivity index (χ4n) is 0.813. The van der Waals surface area contributed by atoms with E-state index in [2.05, 4.69) is 11.3 Å². The third-order valence-electron chi connectivity index (χ3n) is 1.32. The summed E-state index contributed by atoms with van der Waals surface area (Å²) in [6, 6.07) is 0. The first-order valence-electron chi connectivity index (χ1n) is 5.12. The lowest BCUT2D eigenvalue weighted by Gasteiger charge is -2.28. The van der Waals surface area contributed by atoms with Crippen LogP contribution in [0.1, 0.15) is 34.6 Å². The van der Waals surface area contributed by atoms with Crippen LogP contribution in [0.4, 0.5) is 4.79 Å². The number of rotatable bonds is 6. The number of carbonyl (C=O) groups is 1. The maximum Gasteiger partial charge on any atom is 0.508 e. The molecule has 0 heterocycles. The van der Waals surface area contributed by atoms with Crippen molar-refractivity contribution in [2.24, 2.45) is 0 Å². The molecule has 1 atom stereocenters. The van der Waals surface area contributed by atoms with Crippen molar-refractivity contribution in [1.82, 2.24) is 0 Å². The molecule has 0 aliphatic heterocycles. The topological polar surface area (TPSA) is 74.2 Å². The standard InChI is InChI=1S/C11H20O6/c1-7-8(16-17-10(2,3)4)14-11(5,6)15-9(12)13/h7-8H,1H2,2-6H3,(H,12,13). The van der Waals surface area contributed by atoms with Gasteiger partial charge in [-0.2, -0.15) is 4.89 Å². The van der Waals surface area contributed by atoms with Gasteiger partial charge in [0, 0.05) is 13.8 Å². The van der Waals surface area contributed by atoms with E-state index in [0.717, 1.165) is 0 Å². The zero-order chi connectivity index (χ0) is 13.7. The van der Waals surface area contributed by atoms with Crippen LogP contribution in [-0.2, 0) is 19.2 Å². The van der Waals surface area contributed by atoms with Crippen LogP contribution in [0.3, 0.4) is 0 Å². The van der Waals surface area contributed by atoms with E-state index in [-0.39, 0.29) is 0 Å².